The smallest absolute Gasteiger partial charge is 0.343 e. The molecule has 1 aliphatic carbocycles. The Morgan fingerprint density at radius 3 is 2.92 bits per heavy atom. The van der Waals surface area contributed by atoms with Crippen molar-refractivity contribution in [2.24, 2.45) is 5.92 Å². The molecule has 0 amide bonds. The molecule has 1 aliphatic heterocycles. The Bertz CT molecular complexity index is 939. The second-order valence-electron chi connectivity index (χ2n) is 7.49. The fourth-order valence-corrected chi connectivity index (χ4v) is 4.41. The molecule has 1 fully saturated rings. The third-order valence-corrected chi connectivity index (χ3v) is 6.12. The Morgan fingerprint density at radius 1 is 1.38 bits per heavy atom. The van der Waals surface area contributed by atoms with E-state index < -0.39 is 17.2 Å². The number of esters is 1. The van der Waals surface area contributed by atoms with Crippen molar-refractivity contribution in [2.75, 3.05) is 12.5 Å². The number of halogens is 2. The lowest BCUT2D eigenvalue weighted by atomic mass is 9.82. The maximum atomic E-state index is 14.2. The minimum atomic E-state index is -0.664. The SMILES string of the molecule is CC(CCl)COC(=O)c1cn2c3c(cc(F)cc3c1=O)C1CCCCC12. The topological polar surface area (TPSA) is 48.3 Å². The Morgan fingerprint density at radius 2 is 2.15 bits per heavy atom. The van der Waals surface area contributed by atoms with E-state index in [9.17, 15) is 14.0 Å². The summed E-state index contributed by atoms with van der Waals surface area (Å²) in [5, 5.41) is 0.272. The molecule has 2 aliphatic rings. The van der Waals surface area contributed by atoms with E-state index in [1.165, 1.54) is 6.07 Å². The molecule has 0 N–H and O–H groups in total. The van der Waals surface area contributed by atoms with Crippen LogP contribution in [-0.2, 0) is 4.74 Å². The fraction of sp³-hybridized carbons (Fsp3) is 0.500. The number of hydrogen-bond donors (Lipinski definition) is 0. The van der Waals surface area contributed by atoms with Gasteiger partial charge in [-0.05, 0) is 30.5 Å². The number of nitrogens with zero attached hydrogens (tertiary/aromatic N) is 1. The molecule has 0 bridgehead atoms. The van der Waals surface area contributed by atoms with Gasteiger partial charge in [0.2, 0.25) is 5.43 Å². The average Bonchev–Trinajstić information content (AvgIpc) is 2.96. The van der Waals surface area contributed by atoms with Gasteiger partial charge in [0.15, 0.2) is 0 Å². The molecule has 3 atom stereocenters. The molecule has 0 radical (unpaired) electrons. The monoisotopic (exact) mass is 377 g/mol. The molecule has 2 aromatic rings. The first kappa shape index (κ1) is 17.5. The Balaban J connectivity index is 1.83. The number of alkyl halides is 1. The van der Waals surface area contributed by atoms with Crippen molar-refractivity contribution in [1.29, 1.82) is 0 Å². The van der Waals surface area contributed by atoms with E-state index in [4.69, 9.17) is 16.3 Å². The number of pyridine rings is 1. The highest BCUT2D eigenvalue weighted by molar-refractivity contribution is 6.18. The standard InChI is InChI=1S/C20H21ClFNO3/c1-11(8-21)10-26-20(25)16-9-23-17-5-3-2-4-13(17)14-6-12(22)7-15(18(14)23)19(16)24/h6-7,9,11,13,17H,2-5,8,10H2,1H3. The number of carbonyl (C=O) groups excluding carboxylic acids is 1. The molecule has 4 rings (SSSR count). The molecule has 4 nitrogen and oxygen atoms in total. The molecule has 1 saturated carbocycles. The van der Waals surface area contributed by atoms with Crippen molar-refractivity contribution in [3.8, 4) is 0 Å². The summed E-state index contributed by atoms with van der Waals surface area (Å²) in [6.45, 7) is 2.02. The largest absolute Gasteiger partial charge is 0.462 e. The van der Waals surface area contributed by atoms with Crippen LogP contribution in [0.4, 0.5) is 4.39 Å². The number of ether oxygens (including phenoxy) is 1. The quantitative estimate of drug-likeness (QED) is 0.586. The van der Waals surface area contributed by atoms with Gasteiger partial charge in [0, 0.05) is 35.3 Å². The molecule has 26 heavy (non-hydrogen) atoms. The molecule has 1 aromatic heterocycles. The van der Waals surface area contributed by atoms with Crippen LogP contribution in [0.15, 0.2) is 23.1 Å². The van der Waals surface area contributed by atoms with Crippen LogP contribution < -0.4 is 5.43 Å². The summed E-state index contributed by atoms with van der Waals surface area (Å²) in [5.41, 5.74) is 1.19. The Labute approximate surface area is 155 Å². The summed E-state index contributed by atoms with van der Waals surface area (Å²) in [6, 6.07) is 2.97. The maximum absolute atomic E-state index is 14.2. The van der Waals surface area contributed by atoms with Crippen LogP contribution in [0.3, 0.4) is 0 Å². The average molecular weight is 378 g/mol. The second kappa shape index (κ2) is 6.69. The van der Waals surface area contributed by atoms with Crippen LogP contribution in [-0.4, -0.2) is 23.0 Å². The van der Waals surface area contributed by atoms with Crippen LogP contribution in [0.2, 0.25) is 0 Å². The number of hydrogen-bond acceptors (Lipinski definition) is 3. The van der Waals surface area contributed by atoms with Gasteiger partial charge in [0.1, 0.15) is 11.4 Å². The van der Waals surface area contributed by atoms with Gasteiger partial charge in [0.25, 0.3) is 0 Å². The molecule has 0 saturated heterocycles. The van der Waals surface area contributed by atoms with E-state index in [1.54, 1.807) is 12.3 Å². The second-order valence-corrected chi connectivity index (χ2v) is 7.80. The molecular formula is C20H21ClFNO3. The molecule has 0 spiro atoms. The third-order valence-electron chi connectivity index (χ3n) is 5.59. The van der Waals surface area contributed by atoms with Crippen LogP contribution in [0, 0.1) is 11.7 Å². The number of aromatic nitrogens is 1. The molecule has 3 unspecified atom stereocenters. The summed E-state index contributed by atoms with van der Waals surface area (Å²) in [4.78, 5) is 25.4. The Kier molecular flexibility index (Phi) is 4.51. The van der Waals surface area contributed by atoms with Gasteiger partial charge in [-0.1, -0.05) is 19.8 Å². The van der Waals surface area contributed by atoms with Crippen molar-refractivity contribution in [2.45, 2.75) is 44.6 Å². The number of benzene rings is 1. The first-order chi connectivity index (χ1) is 12.5. The predicted molar refractivity (Wildman–Crippen MR) is 98.6 cm³/mol. The lowest BCUT2D eigenvalue weighted by Crippen LogP contribution is -2.23. The van der Waals surface area contributed by atoms with Crippen molar-refractivity contribution < 1.29 is 13.9 Å². The minimum absolute atomic E-state index is 0.00533. The van der Waals surface area contributed by atoms with Gasteiger partial charge in [-0.3, -0.25) is 4.79 Å². The van der Waals surface area contributed by atoms with E-state index in [0.717, 1.165) is 36.8 Å². The number of fused-ring (bicyclic) bond motifs is 3. The first-order valence-electron chi connectivity index (χ1n) is 9.12. The van der Waals surface area contributed by atoms with Gasteiger partial charge in [-0.25, -0.2) is 9.18 Å². The predicted octanol–water partition coefficient (Wildman–Crippen LogP) is 4.38. The minimum Gasteiger partial charge on any atom is -0.462 e. The summed E-state index contributed by atoms with van der Waals surface area (Å²) >= 11 is 5.74. The van der Waals surface area contributed by atoms with Crippen molar-refractivity contribution in [3.05, 3.63) is 45.5 Å². The van der Waals surface area contributed by atoms with Gasteiger partial charge in [0.05, 0.1) is 12.1 Å². The molecule has 1 aromatic carbocycles. The molecule has 6 heteroatoms. The zero-order chi connectivity index (χ0) is 18.4. The summed E-state index contributed by atoms with van der Waals surface area (Å²) < 4.78 is 21.5. The Hall–Kier alpha value is -1.88. The highest BCUT2D eigenvalue weighted by Gasteiger charge is 2.37. The van der Waals surface area contributed by atoms with E-state index in [2.05, 4.69) is 0 Å². The van der Waals surface area contributed by atoms with E-state index >= 15 is 0 Å². The zero-order valence-corrected chi connectivity index (χ0v) is 15.4. The summed E-state index contributed by atoms with van der Waals surface area (Å²) in [7, 11) is 0. The third kappa shape index (κ3) is 2.73. The van der Waals surface area contributed by atoms with Gasteiger partial charge >= 0.3 is 5.97 Å². The number of rotatable bonds is 4. The van der Waals surface area contributed by atoms with Crippen LogP contribution >= 0.6 is 11.6 Å². The van der Waals surface area contributed by atoms with Gasteiger partial charge in [-0.15, -0.1) is 11.6 Å². The van der Waals surface area contributed by atoms with Gasteiger partial charge in [-0.2, -0.15) is 0 Å². The van der Waals surface area contributed by atoms with Crippen LogP contribution in [0.1, 0.15) is 60.5 Å². The molecular weight excluding hydrogens is 357 g/mol. The van der Waals surface area contributed by atoms with Crippen molar-refractivity contribution in [1.82, 2.24) is 4.57 Å². The lowest BCUT2D eigenvalue weighted by Gasteiger charge is -2.27. The van der Waals surface area contributed by atoms with Gasteiger partial charge < -0.3 is 9.30 Å². The van der Waals surface area contributed by atoms with Crippen molar-refractivity contribution >= 4 is 28.5 Å². The van der Waals surface area contributed by atoms with Crippen molar-refractivity contribution in [3.63, 3.8) is 0 Å². The van der Waals surface area contributed by atoms with Crippen LogP contribution in [0.5, 0.6) is 0 Å². The summed E-state index contributed by atoms with van der Waals surface area (Å²) in [6.07, 6.45) is 5.76. The fourth-order valence-electron chi connectivity index (χ4n) is 4.33. The first-order valence-corrected chi connectivity index (χ1v) is 9.66. The summed E-state index contributed by atoms with van der Waals surface area (Å²) in [5.74, 6) is -0.505. The van der Waals surface area contributed by atoms with E-state index in [-0.39, 0.29) is 35.4 Å². The maximum Gasteiger partial charge on any atom is 0.343 e. The molecule has 2 heterocycles. The number of carbonyl (C=O) groups is 1. The van der Waals surface area contributed by atoms with Crippen LogP contribution in [0.25, 0.3) is 10.9 Å². The molecule has 138 valence electrons. The van der Waals surface area contributed by atoms with E-state index in [1.807, 2.05) is 11.5 Å². The zero-order valence-electron chi connectivity index (χ0n) is 14.6. The van der Waals surface area contributed by atoms with E-state index in [0.29, 0.717) is 5.88 Å². The highest BCUT2D eigenvalue weighted by Crippen LogP contribution is 2.49. The lowest BCUT2D eigenvalue weighted by molar-refractivity contribution is 0.0458. The highest BCUT2D eigenvalue weighted by atomic mass is 35.5. The normalized spacial score (nSPS) is 22.3.